The van der Waals surface area contributed by atoms with Gasteiger partial charge in [-0.25, -0.2) is 9.79 Å². The molecule has 0 radical (unpaired) electrons. The van der Waals surface area contributed by atoms with Crippen molar-refractivity contribution in [1.29, 1.82) is 0 Å². The Morgan fingerprint density at radius 2 is 1.87 bits per heavy atom. The average Bonchev–Trinajstić information content (AvgIpc) is 3.18. The molecule has 3 aromatic rings. The van der Waals surface area contributed by atoms with E-state index in [1.54, 1.807) is 18.4 Å². The lowest BCUT2D eigenvalue weighted by Crippen LogP contribution is -2.40. The van der Waals surface area contributed by atoms with Crippen molar-refractivity contribution < 1.29 is 19.0 Å². The van der Waals surface area contributed by atoms with Crippen molar-refractivity contribution in [3.8, 4) is 11.5 Å². The van der Waals surface area contributed by atoms with E-state index in [4.69, 9.17) is 14.2 Å². The Morgan fingerprint density at radius 3 is 2.55 bits per heavy atom. The van der Waals surface area contributed by atoms with Gasteiger partial charge < -0.3 is 14.2 Å². The number of aromatic nitrogens is 1. The Morgan fingerprint density at radius 1 is 1.13 bits per heavy atom. The third kappa shape index (κ3) is 5.91. The highest BCUT2D eigenvalue weighted by molar-refractivity contribution is 7.07. The van der Waals surface area contributed by atoms with E-state index in [0.717, 1.165) is 24.2 Å². The van der Waals surface area contributed by atoms with Crippen LogP contribution in [0, 0.1) is 0 Å². The Labute approximate surface area is 226 Å². The van der Waals surface area contributed by atoms with Gasteiger partial charge in [0.25, 0.3) is 5.56 Å². The van der Waals surface area contributed by atoms with Crippen molar-refractivity contribution in [1.82, 2.24) is 4.57 Å². The zero-order chi connectivity index (χ0) is 27.2. The summed E-state index contributed by atoms with van der Waals surface area (Å²) in [4.78, 5) is 32.2. The van der Waals surface area contributed by atoms with Gasteiger partial charge in [0.15, 0.2) is 4.80 Å². The number of unbranched alkanes of at least 4 members (excludes halogenated alkanes) is 1. The van der Waals surface area contributed by atoms with E-state index in [-0.39, 0.29) is 18.3 Å². The van der Waals surface area contributed by atoms with Gasteiger partial charge in [-0.2, -0.15) is 0 Å². The summed E-state index contributed by atoms with van der Waals surface area (Å²) < 4.78 is 19.3. The summed E-state index contributed by atoms with van der Waals surface area (Å²) >= 11 is 1.30. The lowest BCUT2D eigenvalue weighted by molar-refractivity contribution is -0.139. The van der Waals surface area contributed by atoms with Gasteiger partial charge in [0, 0.05) is 5.56 Å². The molecule has 0 bridgehead atoms. The van der Waals surface area contributed by atoms with Gasteiger partial charge in [0.2, 0.25) is 0 Å². The monoisotopic (exact) mass is 534 g/mol. The van der Waals surface area contributed by atoms with Crippen molar-refractivity contribution >= 4 is 23.4 Å². The molecule has 0 saturated carbocycles. The van der Waals surface area contributed by atoms with E-state index in [1.165, 1.54) is 11.3 Å². The Bertz CT molecular complexity index is 1500. The average molecular weight is 535 g/mol. The van der Waals surface area contributed by atoms with Crippen molar-refractivity contribution in [2.45, 2.75) is 59.6 Å². The highest BCUT2D eigenvalue weighted by Gasteiger charge is 2.35. The first-order valence-corrected chi connectivity index (χ1v) is 13.8. The maximum Gasteiger partial charge on any atom is 0.338 e. The largest absolute Gasteiger partial charge is 0.494 e. The van der Waals surface area contributed by atoms with Crippen LogP contribution >= 0.6 is 11.3 Å². The van der Waals surface area contributed by atoms with Gasteiger partial charge in [-0.15, -0.1) is 0 Å². The fourth-order valence-electron chi connectivity index (χ4n) is 4.30. The van der Waals surface area contributed by atoms with Crippen molar-refractivity contribution in [3.63, 3.8) is 0 Å². The van der Waals surface area contributed by atoms with Gasteiger partial charge in [-0.1, -0.05) is 55.0 Å². The molecule has 0 spiro atoms. The summed E-state index contributed by atoms with van der Waals surface area (Å²) in [5.74, 6) is 0.914. The molecule has 1 aliphatic heterocycles. The highest BCUT2D eigenvalue weighted by Crippen LogP contribution is 2.36. The van der Waals surface area contributed by atoms with E-state index in [1.807, 2.05) is 68.5 Å². The molecule has 0 saturated heterocycles. The number of esters is 1. The molecule has 1 atom stereocenters. The van der Waals surface area contributed by atoms with E-state index in [0.29, 0.717) is 38.5 Å². The molecule has 2 heterocycles. The lowest BCUT2D eigenvalue weighted by atomic mass is 9.95. The molecule has 8 heteroatoms. The smallest absolute Gasteiger partial charge is 0.338 e. The summed E-state index contributed by atoms with van der Waals surface area (Å²) in [5, 5.41) is 0. The minimum absolute atomic E-state index is 0.0861. The van der Waals surface area contributed by atoms with Crippen molar-refractivity contribution in [3.05, 3.63) is 90.6 Å². The number of hydrogen-bond donors (Lipinski definition) is 0. The molecule has 2 aromatic carbocycles. The molecule has 38 heavy (non-hydrogen) atoms. The van der Waals surface area contributed by atoms with Crippen LogP contribution in [-0.4, -0.2) is 29.9 Å². The van der Waals surface area contributed by atoms with Crippen molar-refractivity contribution in [2.24, 2.45) is 4.99 Å². The van der Waals surface area contributed by atoms with Gasteiger partial charge >= 0.3 is 5.97 Å². The SMILES string of the molecule is CCCCOc1ccc(/C=c2/sc3n(c2=O)[C@H](c2ccccc2OC(C)C)C(C(=O)OCC)=C(C)N=3)cc1. The number of carbonyl (C=O) groups is 1. The molecule has 1 aliphatic rings. The maximum absolute atomic E-state index is 13.9. The molecular formula is C30H34N2O5S. The van der Waals surface area contributed by atoms with Crippen LogP contribution in [0.25, 0.3) is 6.08 Å². The summed E-state index contributed by atoms with van der Waals surface area (Å²) in [6.07, 6.45) is 3.83. The Hall–Kier alpha value is -3.65. The molecule has 7 nitrogen and oxygen atoms in total. The Balaban J connectivity index is 1.84. The summed E-state index contributed by atoms with van der Waals surface area (Å²) in [7, 11) is 0. The number of fused-ring (bicyclic) bond motifs is 1. The predicted octanol–water partition coefficient (Wildman–Crippen LogP) is 4.76. The van der Waals surface area contributed by atoms with E-state index in [2.05, 4.69) is 11.9 Å². The van der Waals surface area contributed by atoms with Gasteiger partial charge in [-0.05, 0) is 64.0 Å². The van der Waals surface area contributed by atoms with Crippen LogP contribution in [0.15, 0.2) is 69.6 Å². The number of nitrogens with zero attached hydrogens (tertiary/aromatic N) is 2. The first-order chi connectivity index (χ1) is 18.3. The zero-order valence-corrected chi connectivity index (χ0v) is 23.3. The quantitative estimate of drug-likeness (QED) is 0.277. The van der Waals surface area contributed by atoms with Gasteiger partial charge in [0.1, 0.15) is 17.5 Å². The third-order valence-electron chi connectivity index (χ3n) is 6.04. The fraction of sp³-hybridized carbons (Fsp3) is 0.367. The predicted molar refractivity (Wildman–Crippen MR) is 149 cm³/mol. The highest BCUT2D eigenvalue weighted by atomic mass is 32.1. The standard InChI is InChI=1S/C30H34N2O5S/c1-6-8-17-36-22-15-13-21(14-16-22)18-25-28(33)32-27(23-11-9-10-12-24(23)37-19(3)4)26(29(34)35-7-2)20(5)31-30(32)38-25/h9-16,18-19,27H,6-8,17H2,1-5H3/b25-18+/t27-/m1/s1. The molecule has 0 N–H and O–H groups in total. The van der Waals surface area contributed by atoms with Gasteiger partial charge in [-0.3, -0.25) is 9.36 Å². The number of thiazole rings is 1. The molecule has 0 aliphatic carbocycles. The van der Waals surface area contributed by atoms with Crippen LogP contribution in [0.5, 0.6) is 11.5 Å². The topological polar surface area (TPSA) is 79.1 Å². The molecule has 0 fully saturated rings. The fourth-order valence-corrected chi connectivity index (χ4v) is 5.35. The van der Waals surface area contributed by atoms with Crippen LogP contribution in [0.1, 0.15) is 64.6 Å². The summed E-state index contributed by atoms with van der Waals surface area (Å²) in [6.45, 7) is 10.4. The van der Waals surface area contributed by atoms with E-state index < -0.39 is 12.0 Å². The number of allylic oxidation sites excluding steroid dienone is 1. The molecule has 200 valence electrons. The number of rotatable bonds is 10. The molecule has 0 amide bonds. The van der Waals surface area contributed by atoms with Crippen LogP contribution < -0.4 is 24.4 Å². The number of benzene rings is 2. The number of para-hydroxylation sites is 1. The second kappa shape index (κ2) is 12.3. The molecular weight excluding hydrogens is 500 g/mol. The van der Waals surface area contributed by atoms with Crippen LogP contribution in [0.3, 0.4) is 0 Å². The Kier molecular flexibility index (Phi) is 8.84. The lowest BCUT2D eigenvalue weighted by Gasteiger charge is -2.26. The number of ether oxygens (including phenoxy) is 3. The zero-order valence-electron chi connectivity index (χ0n) is 22.5. The summed E-state index contributed by atoms with van der Waals surface area (Å²) in [5.41, 5.74) is 2.21. The molecule has 0 unspecified atom stereocenters. The van der Waals surface area contributed by atoms with E-state index in [9.17, 15) is 9.59 Å². The maximum atomic E-state index is 13.9. The normalized spacial score (nSPS) is 15.3. The molecule has 4 rings (SSSR count). The third-order valence-corrected chi connectivity index (χ3v) is 7.02. The minimum atomic E-state index is -0.725. The van der Waals surface area contributed by atoms with E-state index >= 15 is 0 Å². The minimum Gasteiger partial charge on any atom is -0.494 e. The van der Waals surface area contributed by atoms with Crippen LogP contribution in [-0.2, 0) is 9.53 Å². The van der Waals surface area contributed by atoms with Crippen LogP contribution in [0.2, 0.25) is 0 Å². The first kappa shape index (κ1) is 27.4. The first-order valence-electron chi connectivity index (χ1n) is 13.0. The second-order valence-corrected chi connectivity index (χ2v) is 10.3. The summed E-state index contributed by atoms with van der Waals surface area (Å²) in [6, 6.07) is 14.4. The number of hydrogen-bond acceptors (Lipinski definition) is 7. The second-order valence-electron chi connectivity index (χ2n) is 9.28. The van der Waals surface area contributed by atoms with Crippen molar-refractivity contribution in [2.75, 3.05) is 13.2 Å². The van der Waals surface area contributed by atoms with Gasteiger partial charge in [0.05, 0.1) is 35.1 Å². The van der Waals surface area contributed by atoms with Crippen LogP contribution in [0.4, 0.5) is 0 Å². The molecule has 1 aromatic heterocycles. The number of carbonyl (C=O) groups excluding carboxylic acids is 1.